The number of alkyl halides is 1. The smallest absolute Gasteiger partial charge is 0.213 e. The number of pyridine rings is 1. The predicted octanol–water partition coefficient (Wildman–Crippen LogP) is 3.72. The summed E-state index contributed by atoms with van der Waals surface area (Å²) in [5.41, 5.74) is 2.12. The third kappa shape index (κ3) is 4.66. The number of aryl methyl sites for hydroxylation is 1. The fourth-order valence-corrected chi connectivity index (χ4v) is 2.43. The van der Waals surface area contributed by atoms with Gasteiger partial charge in [0.1, 0.15) is 6.61 Å². The van der Waals surface area contributed by atoms with Crippen LogP contribution in [0.5, 0.6) is 5.88 Å². The molecular formula is C15H22ClNO2. The van der Waals surface area contributed by atoms with Gasteiger partial charge in [-0.2, -0.15) is 0 Å². The van der Waals surface area contributed by atoms with E-state index in [9.17, 15) is 0 Å². The van der Waals surface area contributed by atoms with Crippen molar-refractivity contribution in [2.45, 2.75) is 51.0 Å². The Labute approximate surface area is 120 Å². The summed E-state index contributed by atoms with van der Waals surface area (Å²) in [7, 11) is 0. The summed E-state index contributed by atoms with van der Waals surface area (Å²) in [5.74, 6) is 1.17. The van der Waals surface area contributed by atoms with Crippen LogP contribution in [0.15, 0.2) is 12.1 Å². The second kappa shape index (κ2) is 7.71. The minimum atomic E-state index is 0.213. The number of hydrogen-bond donors (Lipinski definition) is 0. The van der Waals surface area contributed by atoms with Crippen LogP contribution < -0.4 is 4.74 Å². The van der Waals surface area contributed by atoms with E-state index in [4.69, 9.17) is 21.1 Å². The topological polar surface area (TPSA) is 31.4 Å². The fraction of sp³-hybridized carbons (Fsp3) is 0.667. The van der Waals surface area contributed by atoms with Crippen LogP contribution in [-0.2, 0) is 17.0 Å². The molecular weight excluding hydrogens is 262 g/mol. The zero-order valence-corrected chi connectivity index (χ0v) is 12.3. The molecule has 0 N–H and O–H groups in total. The highest BCUT2D eigenvalue weighted by atomic mass is 35.5. The summed E-state index contributed by atoms with van der Waals surface area (Å²) in [6, 6.07) is 3.98. The van der Waals surface area contributed by atoms with Gasteiger partial charge >= 0.3 is 0 Å². The number of halogens is 1. The van der Waals surface area contributed by atoms with Crippen LogP contribution in [-0.4, -0.2) is 24.3 Å². The lowest BCUT2D eigenvalue weighted by atomic mass is 10.1. The van der Waals surface area contributed by atoms with Crippen molar-refractivity contribution in [3.05, 3.63) is 23.4 Å². The first-order valence-electron chi connectivity index (χ1n) is 7.12. The summed E-state index contributed by atoms with van der Waals surface area (Å²) in [6.45, 7) is 3.58. The minimum absolute atomic E-state index is 0.213. The Morgan fingerprint density at radius 3 is 3.00 bits per heavy atom. The van der Waals surface area contributed by atoms with Gasteiger partial charge in [0, 0.05) is 24.2 Å². The largest absolute Gasteiger partial charge is 0.475 e. The Kier molecular flexibility index (Phi) is 5.93. The van der Waals surface area contributed by atoms with E-state index in [1.807, 2.05) is 6.07 Å². The summed E-state index contributed by atoms with van der Waals surface area (Å²) in [6.07, 6.45) is 5.72. The molecule has 0 aliphatic carbocycles. The number of aromatic nitrogens is 1. The van der Waals surface area contributed by atoms with E-state index in [-0.39, 0.29) is 6.10 Å². The summed E-state index contributed by atoms with van der Waals surface area (Å²) >= 11 is 5.91. The summed E-state index contributed by atoms with van der Waals surface area (Å²) < 4.78 is 11.4. The normalized spacial score (nSPS) is 19.4. The van der Waals surface area contributed by atoms with E-state index in [0.29, 0.717) is 18.4 Å². The molecule has 0 saturated carbocycles. The van der Waals surface area contributed by atoms with Gasteiger partial charge in [0.15, 0.2) is 0 Å². The first-order chi connectivity index (χ1) is 9.31. The standard InChI is InChI=1S/C15H22ClNO2/c1-2-5-13-8-12(10-16)9-15(17-13)19-11-14-6-3-4-7-18-14/h8-9,14H,2-7,10-11H2,1H3. The first-order valence-corrected chi connectivity index (χ1v) is 7.65. The second-order valence-electron chi connectivity index (χ2n) is 4.99. The van der Waals surface area contributed by atoms with Gasteiger partial charge in [-0.05, 0) is 37.3 Å². The van der Waals surface area contributed by atoms with E-state index in [1.54, 1.807) is 0 Å². The molecule has 1 atom stereocenters. The quantitative estimate of drug-likeness (QED) is 0.746. The molecule has 0 spiro atoms. The number of nitrogens with zero attached hydrogens (tertiary/aromatic N) is 1. The third-order valence-electron chi connectivity index (χ3n) is 3.27. The highest BCUT2D eigenvalue weighted by Gasteiger charge is 2.15. The lowest BCUT2D eigenvalue weighted by molar-refractivity contribution is -0.0119. The van der Waals surface area contributed by atoms with Crippen LogP contribution in [0, 0.1) is 0 Å². The monoisotopic (exact) mass is 283 g/mol. The minimum Gasteiger partial charge on any atom is -0.475 e. The van der Waals surface area contributed by atoms with Gasteiger partial charge in [-0.15, -0.1) is 11.6 Å². The molecule has 3 nitrogen and oxygen atoms in total. The Hall–Kier alpha value is -0.800. The zero-order valence-electron chi connectivity index (χ0n) is 11.5. The number of rotatable bonds is 6. The van der Waals surface area contributed by atoms with Crippen molar-refractivity contribution in [3.63, 3.8) is 0 Å². The average Bonchev–Trinajstić information content (AvgIpc) is 2.46. The van der Waals surface area contributed by atoms with Gasteiger partial charge < -0.3 is 9.47 Å². The highest BCUT2D eigenvalue weighted by molar-refractivity contribution is 6.17. The van der Waals surface area contributed by atoms with E-state index in [2.05, 4.69) is 18.0 Å². The lowest BCUT2D eigenvalue weighted by Crippen LogP contribution is -2.26. The van der Waals surface area contributed by atoms with Crippen molar-refractivity contribution in [2.75, 3.05) is 13.2 Å². The Bertz CT molecular complexity index is 392. The first kappa shape index (κ1) is 14.6. The molecule has 0 aromatic carbocycles. The molecule has 1 saturated heterocycles. The maximum Gasteiger partial charge on any atom is 0.213 e. The van der Waals surface area contributed by atoms with Gasteiger partial charge in [0.2, 0.25) is 5.88 Å². The van der Waals surface area contributed by atoms with E-state index >= 15 is 0 Å². The molecule has 1 unspecified atom stereocenters. The van der Waals surface area contributed by atoms with E-state index in [1.165, 1.54) is 6.42 Å². The molecule has 1 fully saturated rings. The molecule has 106 valence electrons. The zero-order chi connectivity index (χ0) is 13.5. The Balaban J connectivity index is 1.95. The molecule has 1 aliphatic rings. The van der Waals surface area contributed by atoms with Crippen LogP contribution >= 0.6 is 11.6 Å². The van der Waals surface area contributed by atoms with E-state index < -0.39 is 0 Å². The van der Waals surface area contributed by atoms with Crippen LogP contribution in [0.4, 0.5) is 0 Å². The maximum absolute atomic E-state index is 5.91. The van der Waals surface area contributed by atoms with Crippen LogP contribution in [0.25, 0.3) is 0 Å². The molecule has 19 heavy (non-hydrogen) atoms. The molecule has 0 amide bonds. The van der Waals surface area contributed by atoms with Crippen molar-refractivity contribution in [1.82, 2.24) is 4.98 Å². The average molecular weight is 284 g/mol. The summed E-state index contributed by atoms with van der Waals surface area (Å²) in [5, 5.41) is 0. The Morgan fingerprint density at radius 2 is 2.32 bits per heavy atom. The Morgan fingerprint density at radius 1 is 1.42 bits per heavy atom. The number of hydrogen-bond acceptors (Lipinski definition) is 3. The van der Waals surface area contributed by atoms with E-state index in [0.717, 1.165) is 43.5 Å². The maximum atomic E-state index is 5.91. The van der Waals surface area contributed by atoms with Crippen LogP contribution in [0.1, 0.15) is 43.9 Å². The SMILES string of the molecule is CCCc1cc(CCl)cc(OCC2CCCCO2)n1. The highest BCUT2D eigenvalue weighted by Crippen LogP contribution is 2.18. The van der Waals surface area contributed by atoms with Crippen molar-refractivity contribution in [2.24, 2.45) is 0 Å². The summed E-state index contributed by atoms with van der Waals surface area (Å²) in [4.78, 5) is 4.52. The van der Waals surface area contributed by atoms with Crippen molar-refractivity contribution < 1.29 is 9.47 Å². The second-order valence-corrected chi connectivity index (χ2v) is 5.26. The molecule has 1 aliphatic heterocycles. The van der Waals surface area contributed by atoms with Gasteiger partial charge in [-0.3, -0.25) is 0 Å². The molecule has 0 radical (unpaired) electrons. The molecule has 0 bridgehead atoms. The predicted molar refractivity (Wildman–Crippen MR) is 76.9 cm³/mol. The van der Waals surface area contributed by atoms with Crippen molar-refractivity contribution in [1.29, 1.82) is 0 Å². The molecule has 2 heterocycles. The van der Waals surface area contributed by atoms with Gasteiger partial charge in [0.05, 0.1) is 6.10 Å². The van der Waals surface area contributed by atoms with Crippen LogP contribution in [0.3, 0.4) is 0 Å². The van der Waals surface area contributed by atoms with Gasteiger partial charge in [0.25, 0.3) is 0 Å². The van der Waals surface area contributed by atoms with Gasteiger partial charge in [-0.25, -0.2) is 4.98 Å². The molecule has 2 rings (SSSR count). The van der Waals surface area contributed by atoms with Crippen molar-refractivity contribution >= 4 is 11.6 Å². The molecule has 4 heteroatoms. The van der Waals surface area contributed by atoms with Crippen molar-refractivity contribution in [3.8, 4) is 5.88 Å². The third-order valence-corrected chi connectivity index (χ3v) is 3.57. The van der Waals surface area contributed by atoms with Crippen LogP contribution in [0.2, 0.25) is 0 Å². The lowest BCUT2D eigenvalue weighted by Gasteiger charge is -2.22. The fourth-order valence-electron chi connectivity index (χ4n) is 2.27. The molecule has 1 aromatic heterocycles. The molecule has 1 aromatic rings. The number of ether oxygens (including phenoxy) is 2. The van der Waals surface area contributed by atoms with Gasteiger partial charge in [-0.1, -0.05) is 13.3 Å².